The van der Waals surface area contributed by atoms with Crippen LogP contribution in [0.2, 0.25) is 0 Å². The van der Waals surface area contributed by atoms with Gasteiger partial charge in [0.2, 0.25) is 0 Å². The van der Waals surface area contributed by atoms with Crippen molar-refractivity contribution in [2.75, 3.05) is 45.8 Å². The minimum Gasteiger partial charge on any atom is -0.357 e. The van der Waals surface area contributed by atoms with Crippen LogP contribution in [0.4, 0.5) is 0 Å². The summed E-state index contributed by atoms with van der Waals surface area (Å²) in [6.45, 7) is 22.9. The number of nitrogens with zero attached hydrogens (tertiary/aromatic N) is 3. The Morgan fingerprint density at radius 3 is 2.00 bits per heavy atom. The molecule has 0 aliphatic carbocycles. The first-order valence-corrected chi connectivity index (χ1v) is 9.96. The van der Waals surface area contributed by atoms with Crippen molar-refractivity contribution >= 4 is 5.96 Å². The zero-order valence-corrected chi connectivity index (χ0v) is 17.4. The van der Waals surface area contributed by atoms with E-state index in [1.54, 1.807) is 0 Å². The summed E-state index contributed by atoms with van der Waals surface area (Å²) in [7, 11) is 0. The minimum atomic E-state index is 0.575. The first-order chi connectivity index (χ1) is 11.5. The molecule has 0 aliphatic rings. The third-order valence-electron chi connectivity index (χ3n) is 4.38. The van der Waals surface area contributed by atoms with E-state index in [0.717, 1.165) is 51.6 Å². The molecule has 0 aromatic rings. The number of unbranched alkanes of at least 4 members (excludes halogenated alkanes) is 1. The van der Waals surface area contributed by atoms with E-state index in [0.29, 0.717) is 12.1 Å². The molecule has 24 heavy (non-hydrogen) atoms. The Hall–Kier alpha value is -0.810. The fourth-order valence-electron chi connectivity index (χ4n) is 2.94. The Morgan fingerprint density at radius 1 is 0.875 bits per heavy atom. The maximum atomic E-state index is 4.71. The van der Waals surface area contributed by atoms with Crippen molar-refractivity contribution in [2.24, 2.45) is 4.99 Å². The zero-order chi connectivity index (χ0) is 18.4. The second-order valence-corrected chi connectivity index (χ2v) is 6.85. The lowest BCUT2D eigenvalue weighted by Crippen LogP contribution is -2.45. The number of aliphatic imine (C=N–C) groups is 1. The molecule has 0 fully saturated rings. The van der Waals surface area contributed by atoms with Crippen molar-refractivity contribution in [1.82, 2.24) is 20.4 Å². The second kappa shape index (κ2) is 14.5. The zero-order valence-electron chi connectivity index (χ0n) is 17.4. The molecule has 0 saturated carbocycles. The molecule has 0 saturated heterocycles. The Labute approximate surface area is 151 Å². The van der Waals surface area contributed by atoms with Crippen LogP contribution >= 0.6 is 0 Å². The van der Waals surface area contributed by atoms with Gasteiger partial charge in [-0.25, -0.2) is 0 Å². The Morgan fingerprint density at radius 2 is 1.50 bits per heavy atom. The molecule has 0 amide bonds. The number of guanidine groups is 1. The fourth-order valence-corrected chi connectivity index (χ4v) is 2.94. The number of nitrogens with one attached hydrogen (secondary N) is 2. The molecule has 0 rings (SSSR count). The van der Waals surface area contributed by atoms with Crippen LogP contribution in [-0.4, -0.2) is 73.7 Å². The molecule has 2 N–H and O–H groups in total. The van der Waals surface area contributed by atoms with Gasteiger partial charge in [0.05, 0.1) is 0 Å². The van der Waals surface area contributed by atoms with Gasteiger partial charge in [0, 0.05) is 38.3 Å². The van der Waals surface area contributed by atoms with E-state index < -0.39 is 0 Å². The van der Waals surface area contributed by atoms with Crippen LogP contribution in [0.5, 0.6) is 0 Å². The molecular weight excluding hydrogens is 298 g/mol. The SMILES string of the molecule is CCNC(=NCCCCN(CC)CC)NCCN(C(C)C)C(C)C. The first-order valence-electron chi connectivity index (χ1n) is 9.96. The van der Waals surface area contributed by atoms with E-state index >= 15 is 0 Å². The van der Waals surface area contributed by atoms with Crippen LogP contribution in [0.1, 0.15) is 61.3 Å². The van der Waals surface area contributed by atoms with Gasteiger partial charge in [-0.15, -0.1) is 0 Å². The molecule has 0 aromatic heterocycles. The van der Waals surface area contributed by atoms with Gasteiger partial charge in [-0.2, -0.15) is 0 Å². The highest BCUT2D eigenvalue weighted by atomic mass is 15.2. The van der Waals surface area contributed by atoms with Crippen LogP contribution in [0, 0.1) is 0 Å². The number of hydrogen-bond acceptors (Lipinski definition) is 3. The van der Waals surface area contributed by atoms with Crippen LogP contribution in [-0.2, 0) is 0 Å². The molecule has 0 atom stereocenters. The van der Waals surface area contributed by atoms with Crippen molar-refractivity contribution in [1.29, 1.82) is 0 Å². The predicted octanol–water partition coefficient (Wildman–Crippen LogP) is 2.78. The molecular formula is C19H43N5. The smallest absolute Gasteiger partial charge is 0.191 e. The summed E-state index contributed by atoms with van der Waals surface area (Å²) >= 11 is 0. The van der Waals surface area contributed by atoms with Crippen LogP contribution in [0.25, 0.3) is 0 Å². The fraction of sp³-hybridized carbons (Fsp3) is 0.947. The van der Waals surface area contributed by atoms with Gasteiger partial charge < -0.3 is 15.5 Å². The summed E-state index contributed by atoms with van der Waals surface area (Å²) in [4.78, 5) is 9.68. The van der Waals surface area contributed by atoms with E-state index in [9.17, 15) is 0 Å². The summed E-state index contributed by atoms with van der Waals surface area (Å²) in [6, 6.07) is 1.15. The maximum absolute atomic E-state index is 4.71. The van der Waals surface area contributed by atoms with Gasteiger partial charge in [-0.3, -0.25) is 9.89 Å². The van der Waals surface area contributed by atoms with Crippen molar-refractivity contribution in [2.45, 2.75) is 73.4 Å². The summed E-state index contributed by atoms with van der Waals surface area (Å²) in [5.74, 6) is 0.952. The van der Waals surface area contributed by atoms with Crippen LogP contribution < -0.4 is 10.6 Å². The van der Waals surface area contributed by atoms with Gasteiger partial charge >= 0.3 is 0 Å². The average molecular weight is 342 g/mol. The van der Waals surface area contributed by atoms with Crippen molar-refractivity contribution < 1.29 is 0 Å². The quantitative estimate of drug-likeness (QED) is 0.307. The molecule has 0 spiro atoms. The molecule has 0 heterocycles. The summed E-state index contributed by atoms with van der Waals surface area (Å²) in [5.41, 5.74) is 0. The highest BCUT2D eigenvalue weighted by molar-refractivity contribution is 5.79. The Kier molecular flexibility index (Phi) is 14.0. The monoisotopic (exact) mass is 341 g/mol. The Bertz CT molecular complexity index is 303. The molecule has 144 valence electrons. The van der Waals surface area contributed by atoms with E-state index in [4.69, 9.17) is 4.99 Å². The van der Waals surface area contributed by atoms with E-state index in [2.05, 4.69) is 68.9 Å². The lowest BCUT2D eigenvalue weighted by molar-refractivity contribution is 0.178. The third kappa shape index (κ3) is 10.9. The molecule has 0 radical (unpaired) electrons. The Balaban J connectivity index is 4.14. The predicted molar refractivity (Wildman–Crippen MR) is 108 cm³/mol. The standard InChI is InChI=1S/C19H43N5/c1-8-20-19(21-13-11-12-15-23(9-2)10-3)22-14-16-24(17(4)5)18(6)7/h17-18H,8-16H2,1-7H3,(H2,20,21,22). The normalized spacial score (nSPS) is 12.7. The van der Waals surface area contributed by atoms with Crippen LogP contribution in [0.3, 0.4) is 0 Å². The lowest BCUT2D eigenvalue weighted by atomic mass is 10.2. The number of hydrogen-bond donors (Lipinski definition) is 2. The van der Waals surface area contributed by atoms with Gasteiger partial charge in [-0.05, 0) is 67.1 Å². The largest absolute Gasteiger partial charge is 0.357 e. The van der Waals surface area contributed by atoms with Gasteiger partial charge in [0.15, 0.2) is 5.96 Å². The van der Waals surface area contributed by atoms with Crippen molar-refractivity contribution in [3.05, 3.63) is 0 Å². The number of rotatable bonds is 13. The molecule has 0 unspecified atom stereocenters. The minimum absolute atomic E-state index is 0.575. The van der Waals surface area contributed by atoms with Gasteiger partial charge in [0.25, 0.3) is 0 Å². The van der Waals surface area contributed by atoms with E-state index in [1.807, 2.05) is 0 Å². The van der Waals surface area contributed by atoms with Crippen LogP contribution in [0.15, 0.2) is 4.99 Å². The molecule has 0 bridgehead atoms. The average Bonchev–Trinajstić information content (AvgIpc) is 2.53. The van der Waals surface area contributed by atoms with Crippen molar-refractivity contribution in [3.8, 4) is 0 Å². The van der Waals surface area contributed by atoms with E-state index in [1.165, 1.54) is 13.0 Å². The van der Waals surface area contributed by atoms with E-state index in [-0.39, 0.29) is 0 Å². The molecule has 5 nitrogen and oxygen atoms in total. The van der Waals surface area contributed by atoms with Gasteiger partial charge in [-0.1, -0.05) is 13.8 Å². The van der Waals surface area contributed by atoms with Crippen molar-refractivity contribution in [3.63, 3.8) is 0 Å². The first kappa shape index (κ1) is 23.2. The highest BCUT2D eigenvalue weighted by Gasteiger charge is 2.12. The maximum Gasteiger partial charge on any atom is 0.191 e. The lowest BCUT2D eigenvalue weighted by Gasteiger charge is -2.30. The van der Waals surface area contributed by atoms with Gasteiger partial charge in [0.1, 0.15) is 0 Å². The molecule has 0 aromatic carbocycles. The highest BCUT2D eigenvalue weighted by Crippen LogP contribution is 2.03. The summed E-state index contributed by atoms with van der Waals surface area (Å²) in [6.07, 6.45) is 2.37. The molecule has 0 aliphatic heterocycles. The summed E-state index contributed by atoms with van der Waals surface area (Å²) in [5, 5.41) is 6.82. The summed E-state index contributed by atoms with van der Waals surface area (Å²) < 4.78 is 0. The topological polar surface area (TPSA) is 42.9 Å². The third-order valence-corrected chi connectivity index (χ3v) is 4.38. The molecule has 5 heteroatoms. The second-order valence-electron chi connectivity index (χ2n) is 6.85.